The van der Waals surface area contributed by atoms with Crippen LogP contribution >= 0.6 is 0 Å². The number of amides is 1. The highest BCUT2D eigenvalue weighted by Crippen LogP contribution is 2.46. The summed E-state index contributed by atoms with van der Waals surface area (Å²) in [5.74, 6) is -1.16. The van der Waals surface area contributed by atoms with Gasteiger partial charge in [0.2, 0.25) is 0 Å². The second kappa shape index (κ2) is 4.47. The molecular weight excluding hydrogens is 304 g/mol. The highest BCUT2D eigenvalue weighted by Gasteiger charge is 2.48. The number of H-pyrrole nitrogens is 1. The summed E-state index contributed by atoms with van der Waals surface area (Å²) < 4.78 is 0. The number of carboxylic acids is 1. The smallest absolute Gasteiger partial charge is 0.326 e. The summed E-state index contributed by atoms with van der Waals surface area (Å²) in [5.41, 5.74) is 4.39. The number of carbonyl (C=O) groups is 2. The molecule has 0 aliphatic carbocycles. The van der Waals surface area contributed by atoms with E-state index >= 15 is 0 Å². The average Bonchev–Trinajstić information content (AvgIpc) is 3.11. The van der Waals surface area contributed by atoms with Gasteiger partial charge in [0.15, 0.2) is 0 Å². The van der Waals surface area contributed by atoms with Crippen molar-refractivity contribution in [2.24, 2.45) is 0 Å². The molecule has 118 valence electrons. The Morgan fingerprint density at radius 2 is 1.88 bits per heavy atom. The molecule has 0 radical (unpaired) electrons. The number of aromatic nitrogens is 1. The summed E-state index contributed by atoms with van der Waals surface area (Å²) >= 11 is 0. The van der Waals surface area contributed by atoms with Crippen molar-refractivity contribution in [1.82, 2.24) is 9.88 Å². The lowest BCUT2D eigenvalue weighted by Crippen LogP contribution is -2.48. The molecule has 2 aliphatic heterocycles. The van der Waals surface area contributed by atoms with E-state index in [4.69, 9.17) is 0 Å². The van der Waals surface area contributed by atoms with Gasteiger partial charge in [0.1, 0.15) is 6.04 Å². The lowest BCUT2D eigenvalue weighted by molar-refractivity contribution is -0.143. The van der Waals surface area contributed by atoms with Crippen LogP contribution in [0.3, 0.4) is 0 Å². The van der Waals surface area contributed by atoms with Crippen LogP contribution in [0.2, 0.25) is 0 Å². The van der Waals surface area contributed by atoms with Gasteiger partial charge in [0.25, 0.3) is 5.91 Å². The van der Waals surface area contributed by atoms with Crippen molar-refractivity contribution in [2.45, 2.75) is 18.5 Å². The van der Waals surface area contributed by atoms with Crippen LogP contribution in [-0.4, -0.2) is 32.9 Å². The topological polar surface area (TPSA) is 73.4 Å². The molecule has 1 aromatic heterocycles. The standard InChI is InChI=1S/C19H14N2O3/c22-18-12-7-2-1-6-11(12)17-16-13(9-15(19(23)24)21(17)18)10-5-3-4-8-14(10)20-16/h1-8,15,17,20H,9H2,(H,23,24)/t15-,17?/m0/s1. The molecular formula is C19H14N2O3. The summed E-state index contributed by atoms with van der Waals surface area (Å²) in [5, 5.41) is 10.8. The van der Waals surface area contributed by atoms with Crippen LogP contribution in [0.25, 0.3) is 10.9 Å². The average molecular weight is 318 g/mol. The van der Waals surface area contributed by atoms with Gasteiger partial charge in [-0.25, -0.2) is 4.79 Å². The normalized spacial score (nSPS) is 21.5. The van der Waals surface area contributed by atoms with Gasteiger partial charge in [-0.1, -0.05) is 36.4 Å². The van der Waals surface area contributed by atoms with Gasteiger partial charge in [-0.05, 0) is 23.3 Å². The van der Waals surface area contributed by atoms with Crippen molar-refractivity contribution < 1.29 is 14.7 Å². The molecule has 5 nitrogen and oxygen atoms in total. The summed E-state index contributed by atoms with van der Waals surface area (Å²) in [6, 6.07) is 14.1. The third-order valence-electron chi connectivity index (χ3n) is 5.14. The Balaban J connectivity index is 1.83. The van der Waals surface area contributed by atoms with Crippen molar-refractivity contribution >= 4 is 22.8 Å². The zero-order valence-corrected chi connectivity index (χ0v) is 12.7. The van der Waals surface area contributed by atoms with Crippen LogP contribution in [0.5, 0.6) is 0 Å². The third-order valence-corrected chi connectivity index (χ3v) is 5.14. The van der Waals surface area contributed by atoms with Gasteiger partial charge in [0.05, 0.1) is 6.04 Å². The zero-order valence-electron chi connectivity index (χ0n) is 12.7. The minimum absolute atomic E-state index is 0.202. The van der Waals surface area contributed by atoms with E-state index in [0.29, 0.717) is 12.0 Å². The van der Waals surface area contributed by atoms with Crippen LogP contribution < -0.4 is 0 Å². The molecule has 1 amide bonds. The fourth-order valence-electron chi connectivity index (χ4n) is 4.12. The number of aliphatic carboxylic acids is 1. The molecule has 2 aliphatic rings. The van der Waals surface area contributed by atoms with Gasteiger partial charge < -0.3 is 15.0 Å². The number of nitrogens with one attached hydrogen (secondary N) is 1. The molecule has 0 saturated heterocycles. The quantitative estimate of drug-likeness (QED) is 0.724. The predicted octanol–water partition coefficient (Wildman–Crippen LogP) is 2.72. The largest absolute Gasteiger partial charge is 0.480 e. The molecule has 0 fully saturated rings. The first kappa shape index (κ1) is 13.4. The fraction of sp³-hybridized carbons (Fsp3) is 0.158. The van der Waals surface area contributed by atoms with Crippen LogP contribution in [0.1, 0.15) is 33.2 Å². The molecule has 2 N–H and O–H groups in total. The number of benzene rings is 2. The van der Waals surface area contributed by atoms with E-state index in [0.717, 1.165) is 27.7 Å². The molecule has 1 unspecified atom stereocenters. The van der Waals surface area contributed by atoms with Crippen LogP contribution in [0, 0.1) is 0 Å². The van der Waals surface area contributed by atoms with Crippen LogP contribution in [-0.2, 0) is 11.2 Å². The van der Waals surface area contributed by atoms with E-state index in [2.05, 4.69) is 4.98 Å². The number of rotatable bonds is 1. The van der Waals surface area contributed by atoms with E-state index in [9.17, 15) is 14.7 Å². The third kappa shape index (κ3) is 1.53. The highest BCUT2D eigenvalue weighted by molar-refractivity contribution is 6.03. The molecule has 5 heteroatoms. The van der Waals surface area contributed by atoms with Crippen molar-refractivity contribution in [2.75, 3.05) is 0 Å². The zero-order chi connectivity index (χ0) is 16.4. The lowest BCUT2D eigenvalue weighted by Gasteiger charge is -2.35. The minimum atomic E-state index is -0.961. The molecule has 2 atom stereocenters. The fourth-order valence-corrected chi connectivity index (χ4v) is 4.12. The van der Waals surface area contributed by atoms with Gasteiger partial charge in [-0.2, -0.15) is 0 Å². The first-order valence-corrected chi connectivity index (χ1v) is 7.90. The maximum absolute atomic E-state index is 12.8. The maximum atomic E-state index is 12.8. The number of carbonyl (C=O) groups excluding carboxylic acids is 1. The van der Waals surface area contributed by atoms with Crippen molar-refractivity contribution in [3.8, 4) is 0 Å². The number of para-hydroxylation sites is 1. The first-order valence-electron chi connectivity index (χ1n) is 7.90. The molecule has 5 rings (SSSR count). The second-order valence-electron chi connectivity index (χ2n) is 6.32. The van der Waals surface area contributed by atoms with Crippen molar-refractivity contribution in [3.05, 3.63) is 70.9 Å². The van der Waals surface area contributed by atoms with Crippen molar-refractivity contribution in [1.29, 1.82) is 0 Å². The molecule has 3 aromatic rings. The number of carboxylic acid groups (broad SMARTS) is 1. The van der Waals surface area contributed by atoms with Gasteiger partial charge in [-0.3, -0.25) is 4.79 Å². The number of fused-ring (bicyclic) bond motifs is 7. The van der Waals surface area contributed by atoms with E-state index in [-0.39, 0.29) is 11.9 Å². The molecule has 2 aromatic carbocycles. The Kier molecular flexibility index (Phi) is 2.49. The maximum Gasteiger partial charge on any atom is 0.326 e. The van der Waals surface area contributed by atoms with Crippen molar-refractivity contribution in [3.63, 3.8) is 0 Å². The van der Waals surface area contributed by atoms with Gasteiger partial charge in [-0.15, -0.1) is 0 Å². The van der Waals surface area contributed by atoms with Gasteiger partial charge >= 0.3 is 5.97 Å². The number of hydrogen-bond donors (Lipinski definition) is 2. The molecule has 0 bridgehead atoms. The second-order valence-corrected chi connectivity index (χ2v) is 6.32. The summed E-state index contributed by atoms with van der Waals surface area (Å²) in [7, 11) is 0. The highest BCUT2D eigenvalue weighted by atomic mass is 16.4. The van der Waals surface area contributed by atoms with Gasteiger partial charge in [0, 0.05) is 28.6 Å². The van der Waals surface area contributed by atoms with E-state index < -0.39 is 12.0 Å². The van der Waals surface area contributed by atoms with E-state index in [1.807, 2.05) is 42.5 Å². The Hall–Kier alpha value is -3.08. The number of hydrogen-bond acceptors (Lipinski definition) is 2. The first-order chi connectivity index (χ1) is 11.7. The summed E-state index contributed by atoms with van der Waals surface area (Å²) in [4.78, 5) is 29.6. The lowest BCUT2D eigenvalue weighted by atomic mass is 9.90. The molecule has 3 heterocycles. The Morgan fingerprint density at radius 3 is 2.71 bits per heavy atom. The monoisotopic (exact) mass is 318 g/mol. The summed E-state index contributed by atoms with van der Waals surface area (Å²) in [6.45, 7) is 0. The molecule has 24 heavy (non-hydrogen) atoms. The SMILES string of the molecule is O=C(O)[C@@H]1Cc2c([nH]c3ccccc23)C2c3ccccc3C(=O)N21. The predicted molar refractivity (Wildman–Crippen MR) is 87.9 cm³/mol. The Morgan fingerprint density at radius 1 is 1.12 bits per heavy atom. The minimum Gasteiger partial charge on any atom is -0.480 e. The van der Waals surface area contributed by atoms with E-state index in [1.165, 1.54) is 4.90 Å². The Labute approximate surface area is 137 Å². The van der Waals surface area contributed by atoms with Crippen LogP contribution in [0.15, 0.2) is 48.5 Å². The van der Waals surface area contributed by atoms with E-state index in [1.54, 1.807) is 6.07 Å². The number of aromatic amines is 1. The molecule has 0 spiro atoms. The Bertz CT molecular complexity index is 1020. The summed E-state index contributed by atoms with van der Waals surface area (Å²) in [6.07, 6.45) is 0.324. The van der Waals surface area contributed by atoms with Crippen LogP contribution in [0.4, 0.5) is 0 Å². The number of nitrogens with zero attached hydrogens (tertiary/aromatic N) is 1. The molecule has 0 saturated carbocycles.